The van der Waals surface area contributed by atoms with E-state index in [1.54, 1.807) is 6.07 Å². The zero-order valence-electron chi connectivity index (χ0n) is 15.0. The molecule has 1 heterocycles. The first-order valence-corrected chi connectivity index (χ1v) is 9.09. The zero-order valence-corrected chi connectivity index (χ0v) is 15.0. The average molecular weight is 338 g/mol. The molecule has 1 aliphatic carbocycles. The van der Waals surface area contributed by atoms with Crippen LogP contribution in [0.4, 0.5) is 11.5 Å². The number of carbonyl (C=O) groups is 1. The van der Waals surface area contributed by atoms with Gasteiger partial charge in [0, 0.05) is 24.8 Å². The lowest BCUT2D eigenvalue weighted by atomic mass is 10.1. The van der Waals surface area contributed by atoms with Crippen LogP contribution < -0.4 is 10.2 Å². The van der Waals surface area contributed by atoms with E-state index >= 15 is 0 Å². The summed E-state index contributed by atoms with van der Waals surface area (Å²) in [4.78, 5) is 23.5. The van der Waals surface area contributed by atoms with Crippen LogP contribution in [-0.2, 0) is 0 Å². The predicted molar refractivity (Wildman–Crippen MR) is 100 cm³/mol. The summed E-state index contributed by atoms with van der Waals surface area (Å²) in [5.41, 5.74) is 1.46. The lowest BCUT2D eigenvalue weighted by Gasteiger charge is -2.20. The van der Waals surface area contributed by atoms with Crippen LogP contribution in [0.5, 0.6) is 0 Å². The molecule has 1 fully saturated rings. The van der Waals surface area contributed by atoms with Crippen LogP contribution in [0, 0.1) is 6.92 Å². The molecule has 1 aliphatic rings. The quantitative estimate of drug-likeness (QED) is 0.856. The fourth-order valence-electron chi connectivity index (χ4n) is 3.31. The molecule has 132 valence electrons. The second-order valence-corrected chi connectivity index (χ2v) is 6.72. The minimum atomic E-state index is -0.0971. The van der Waals surface area contributed by atoms with Gasteiger partial charge < -0.3 is 10.2 Å². The third-order valence-electron chi connectivity index (χ3n) is 4.73. The number of rotatable bonds is 4. The Labute approximate surface area is 149 Å². The molecular formula is C20H26N4O. The van der Waals surface area contributed by atoms with Crippen molar-refractivity contribution in [2.24, 2.45) is 0 Å². The second-order valence-electron chi connectivity index (χ2n) is 6.72. The van der Waals surface area contributed by atoms with Crippen LogP contribution >= 0.6 is 0 Å². The molecule has 0 spiro atoms. The van der Waals surface area contributed by atoms with E-state index in [2.05, 4.69) is 15.3 Å². The Balaban J connectivity index is 1.77. The van der Waals surface area contributed by atoms with Gasteiger partial charge in [-0.05, 0) is 31.9 Å². The summed E-state index contributed by atoms with van der Waals surface area (Å²) in [6.45, 7) is 1.82. The van der Waals surface area contributed by atoms with Crippen LogP contribution in [0.2, 0.25) is 0 Å². The van der Waals surface area contributed by atoms with Gasteiger partial charge in [0.1, 0.15) is 17.3 Å². The Hall–Kier alpha value is -2.43. The Morgan fingerprint density at radius 3 is 2.44 bits per heavy atom. The summed E-state index contributed by atoms with van der Waals surface area (Å²) in [6.07, 6.45) is 7.04. The average Bonchev–Trinajstić information content (AvgIpc) is 2.90. The van der Waals surface area contributed by atoms with Crippen molar-refractivity contribution in [3.8, 4) is 0 Å². The topological polar surface area (TPSA) is 58.1 Å². The number of aromatic nitrogens is 2. The monoisotopic (exact) mass is 338 g/mol. The van der Waals surface area contributed by atoms with E-state index in [0.29, 0.717) is 11.5 Å². The Kier molecular flexibility index (Phi) is 5.64. The number of para-hydroxylation sites is 1. The van der Waals surface area contributed by atoms with Crippen LogP contribution in [-0.4, -0.2) is 29.0 Å². The van der Waals surface area contributed by atoms with Gasteiger partial charge in [-0.25, -0.2) is 9.97 Å². The molecule has 0 atom stereocenters. The van der Waals surface area contributed by atoms with Crippen LogP contribution in [0.1, 0.15) is 54.8 Å². The molecule has 2 aromatic rings. The largest absolute Gasteiger partial charge is 0.348 e. The Morgan fingerprint density at radius 2 is 1.76 bits per heavy atom. The van der Waals surface area contributed by atoms with Crippen molar-refractivity contribution < 1.29 is 4.79 Å². The summed E-state index contributed by atoms with van der Waals surface area (Å²) in [5.74, 6) is 1.23. The first kappa shape index (κ1) is 17.4. The number of amides is 1. The molecule has 0 radical (unpaired) electrons. The van der Waals surface area contributed by atoms with Crippen molar-refractivity contribution in [1.82, 2.24) is 15.3 Å². The van der Waals surface area contributed by atoms with Crippen molar-refractivity contribution in [1.29, 1.82) is 0 Å². The van der Waals surface area contributed by atoms with Crippen molar-refractivity contribution >= 4 is 17.4 Å². The fourth-order valence-corrected chi connectivity index (χ4v) is 3.31. The maximum Gasteiger partial charge on any atom is 0.270 e. The molecule has 1 amide bonds. The minimum absolute atomic E-state index is 0.0971. The van der Waals surface area contributed by atoms with Gasteiger partial charge in [0.25, 0.3) is 5.91 Å². The van der Waals surface area contributed by atoms with Gasteiger partial charge in [-0.2, -0.15) is 0 Å². The molecule has 5 nitrogen and oxygen atoms in total. The maximum absolute atomic E-state index is 12.7. The number of nitrogens with zero attached hydrogens (tertiary/aromatic N) is 3. The van der Waals surface area contributed by atoms with Crippen molar-refractivity contribution in [2.45, 2.75) is 51.5 Å². The van der Waals surface area contributed by atoms with Crippen LogP contribution in [0.25, 0.3) is 0 Å². The minimum Gasteiger partial charge on any atom is -0.348 e. The Bertz CT molecular complexity index is 709. The molecule has 0 unspecified atom stereocenters. The molecule has 0 aliphatic heterocycles. The summed E-state index contributed by atoms with van der Waals surface area (Å²) < 4.78 is 0. The van der Waals surface area contributed by atoms with Gasteiger partial charge in [0.2, 0.25) is 0 Å². The molecule has 5 heteroatoms. The standard InChI is InChI=1S/C20H26N4O/c1-15-21-18(20(25)23-16-10-6-3-4-7-11-16)14-19(22-15)24(2)17-12-8-5-9-13-17/h5,8-9,12-14,16H,3-4,6-7,10-11H2,1-2H3,(H,23,25). The molecule has 1 N–H and O–H groups in total. The van der Waals surface area contributed by atoms with E-state index in [4.69, 9.17) is 0 Å². The van der Waals surface area contributed by atoms with Gasteiger partial charge in [0.15, 0.2) is 0 Å². The summed E-state index contributed by atoms with van der Waals surface area (Å²) >= 11 is 0. The SMILES string of the molecule is Cc1nc(C(=O)NC2CCCCCC2)cc(N(C)c2ccccc2)n1. The summed E-state index contributed by atoms with van der Waals surface area (Å²) in [6, 6.07) is 12.0. The van der Waals surface area contributed by atoms with Crippen molar-refractivity contribution in [3.05, 3.63) is 47.9 Å². The first-order valence-electron chi connectivity index (χ1n) is 9.09. The highest BCUT2D eigenvalue weighted by molar-refractivity contribution is 5.93. The number of carbonyl (C=O) groups excluding carboxylic acids is 1. The smallest absolute Gasteiger partial charge is 0.270 e. The van der Waals surface area contributed by atoms with E-state index in [1.807, 2.05) is 49.2 Å². The second kappa shape index (κ2) is 8.10. The molecule has 1 aromatic carbocycles. The Morgan fingerprint density at radius 1 is 1.08 bits per heavy atom. The number of aryl methyl sites for hydroxylation is 1. The van der Waals surface area contributed by atoms with E-state index in [1.165, 1.54) is 25.7 Å². The first-order chi connectivity index (χ1) is 12.1. The zero-order chi connectivity index (χ0) is 17.6. The molecule has 1 aromatic heterocycles. The van der Waals surface area contributed by atoms with Gasteiger partial charge in [0.05, 0.1) is 0 Å². The van der Waals surface area contributed by atoms with Crippen LogP contribution in [0.15, 0.2) is 36.4 Å². The number of nitrogens with one attached hydrogen (secondary N) is 1. The molecule has 25 heavy (non-hydrogen) atoms. The third kappa shape index (κ3) is 4.56. The van der Waals surface area contributed by atoms with E-state index < -0.39 is 0 Å². The molecule has 0 saturated heterocycles. The third-order valence-corrected chi connectivity index (χ3v) is 4.73. The highest BCUT2D eigenvalue weighted by Gasteiger charge is 2.18. The van der Waals surface area contributed by atoms with Gasteiger partial charge in [-0.1, -0.05) is 43.9 Å². The lowest BCUT2D eigenvalue weighted by Crippen LogP contribution is -2.35. The van der Waals surface area contributed by atoms with Gasteiger partial charge in [-0.15, -0.1) is 0 Å². The van der Waals surface area contributed by atoms with Gasteiger partial charge in [-0.3, -0.25) is 4.79 Å². The normalized spacial score (nSPS) is 15.4. The number of benzene rings is 1. The summed E-state index contributed by atoms with van der Waals surface area (Å²) in [7, 11) is 1.95. The molecule has 1 saturated carbocycles. The highest BCUT2D eigenvalue weighted by Crippen LogP contribution is 2.22. The van der Waals surface area contributed by atoms with E-state index in [0.717, 1.165) is 24.3 Å². The molecular weight excluding hydrogens is 312 g/mol. The van der Waals surface area contributed by atoms with Gasteiger partial charge >= 0.3 is 0 Å². The number of hydrogen-bond acceptors (Lipinski definition) is 4. The summed E-state index contributed by atoms with van der Waals surface area (Å²) in [5, 5.41) is 3.16. The van der Waals surface area contributed by atoms with E-state index in [9.17, 15) is 4.79 Å². The fraction of sp³-hybridized carbons (Fsp3) is 0.450. The van der Waals surface area contributed by atoms with E-state index in [-0.39, 0.29) is 11.9 Å². The predicted octanol–water partition coefficient (Wildman–Crippen LogP) is 4.01. The number of hydrogen-bond donors (Lipinski definition) is 1. The van der Waals surface area contributed by atoms with Crippen molar-refractivity contribution in [3.63, 3.8) is 0 Å². The van der Waals surface area contributed by atoms with Crippen molar-refractivity contribution in [2.75, 3.05) is 11.9 Å². The number of anilines is 2. The van der Waals surface area contributed by atoms with Crippen LogP contribution in [0.3, 0.4) is 0 Å². The molecule has 0 bridgehead atoms. The highest BCUT2D eigenvalue weighted by atomic mass is 16.1. The maximum atomic E-state index is 12.7. The lowest BCUT2D eigenvalue weighted by molar-refractivity contribution is 0.0928. The molecule has 3 rings (SSSR count).